The van der Waals surface area contributed by atoms with Crippen LogP contribution in [0.15, 0.2) is 18.3 Å². The number of methoxy groups -OCH3 is 1. The Morgan fingerprint density at radius 1 is 1.47 bits per heavy atom. The summed E-state index contributed by atoms with van der Waals surface area (Å²) in [4.78, 5) is 28.5. The molecule has 6 heteroatoms. The first-order valence-corrected chi connectivity index (χ1v) is 6.04. The number of anilines is 1. The number of carbonyl (C=O) groups is 2. The molecule has 0 aliphatic heterocycles. The van der Waals surface area contributed by atoms with Gasteiger partial charge in [0.15, 0.2) is 0 Å². The Morgan fingerprint density at radius 3 is 2.84 bits per heavy atom. The van der Waals surface area contributed by atoms with Crippen molar-refractivity contribution in [2.45, 2.75) is 12.8 Å². The molecule has 104 valence electrons. The van der Waals surface area contributed by atoms with Crippen LogP contribution in [0, 0.1) is 0 Å². The maximum atomic E-state index is 11.5. The molecule has 0 aliphatic carbocycles. The summed E-state index contributed by atoms with van der Waals surface area (Å²) in [7, 11) is 4.85. The highest BCUT2D eigenvalue weighted by molar-refractivity contribution is 5.92. The predicted molar refractivity (Wildman–Crippen MR) is 72.1 cm³/mol. The number of hydrogen-bond donors (Lipinski definition) is 1. The number of esters is 1. The molecule has 0 aromatic carbocycles. The molecule has 0 fully saturated rings. The Bertz CT molecular complexity index is 449. The van der Waals surface area contributed by atoms with Gasteiger partial charge in [0.2, 0.25) is 0 Å². The highest BCUT2D eigenvalue weighted by Crippen LogP contribution is 2.13. The fourth-order valence-corrected chi connectivity index (χ4v) is 1.60. The lowest BCUT2D eigenvalue weighted by molar-refractivity contribution is -0.140. The second-order valence-electron chi connectivity index (χ2n) is 4.08. The van der Waals surface area contributed by atoms with Crippen LogP contribution in [0.4, 0.5) is 5.69 Å². The van der Waals surface area contributed by atoms with Gasteiger partial charge in [-0.25, -0.2) is 0 Å². The minimum absolute atomic E-state index is 0.214. The predicted octanol–water partition coefficient (Wildman–Crippen LogP) is 0.831. The normalized spacial score (nSPS) is 9.84. The molecule has 6 nitrogen and oxygen atoms in total. The molecule has 1 amide bonds. The van der Waals surface area contributed by atoms with Crippen molar-refractivity contribution in [2.75, 3.05) is 32.6 Å². The van der Waals surface area contributed by atoms with Gasteiger partial charge in [-0.1, -0.05) is 0 Å². The van der Waals surface area contributed by atoms with Gasteiger partial charge in [0, 0.05) is 38.9 Å². The van der Waals surface area contributed by atoms with Gasteiger partial charge in [0.25, 0.3) is 5.91 Å². The second kappa shape index (κ2) is 7.35. The highest BCUT2D eigenvalue weighted by Gasteiger charge is 2.08. The zero-order valence-electron chi connectivity index (χ0n) is 11.5. The molecule has 0 atom stereocenters. The molecule has 1 rings (SSSR count). The minimum atomic E-state index is -0.218. The summed E-state index contributed by atoms with van der Waals surface area (Å²) >= 11 is 0. The SMILES string of the molecule is CNC(=O)c1cc(N(C)CCCC(=O)OC)ccn1. The summed E-state index contributed by atoms with van der Waals surface area (Å²) in [6.45, 7) is 0.701. The van der Waals surface area contributed by atoms with E-state index in [-0.39, 0.29) is 11.9 Å². The second-order valence-corrected chi connectivity index (χ2v) is 4.08. The summed E-state index contributed by atoms with van der Waals surface area (Å²) in [6, 6.07) is 3.54. The lowest BCUT2D eigenvalue weighted by Crippen LogP contribution is -2.22. The fourth-order valence-electron chi connectivity index (χ4n) is 1.60. The third-order valence-electron chi connectivity index (χ3n) is 2.75. The Morgan fingerprint density at radius 2 is 2.21 bits per heavy atom. The van der Waals surface area contributed by atoms with Crippen molar-refractivity contribution in [3.63, 3.8) is 0 Å². The highest BCUT2D eigenvalue weighted by atomic mass is 16.5. The average molecular weight is 265 g/mol. The van der Waals surface area contributed by atoms with E-state index in [9.17, 15) is 9.59 Å². The Hall–Kier alpha value is -2.11. The smallest absolute Gasteiger partial charge is 0.305 e. The van der Waals surface area contributed by atoms with Gasteiger partial charge in [-0.3, -0.25) is 14.6 Å². The first-order chi connectivity index (χ1) is 9.08. The molecule has 1 aromatic rings. The van der Waals surface area contributed by atoms with E-state index in [2.05, 4.69) is 15.0 Å². The van der Waals surface area contributed by atoms with E-state index in [1.165, 1.54) is 7.11 Å². The topological polar surface area (TPSA) is 71.5 Å². The van der Waals surface area contributed by atoms with E-state index < -0.39 is 0 Å². The first kappa shape index (κ1) is 14.9. The zero-order valence-corrected chi connectivity index (χ0v) is 11.5. The lowest BCUT2D eigenvalue weighted by Gasteiger charge is -2.19. The Labute approximate surface area is 112 Å². The van der Waals surface area contributed by atoms with Crippen LogP contribution in [-0.2, 0) is 9.53 Å². The molecule has 1 heterocycles. The van der Waals surface area contributed by atoms with Gasteiger partial charge in [-0.2, -0.15) is 0 Å². The molecule has 0 unspecified atom stereocenters. The molecule has 0 aliphatic rings. The summed E-state index contributed by atoms with van der Waals surface area (Å²) in [5.41, 5.74) is 1.26. The quantitative estimate of drug-likeness (QED) is 0.771. The van der Waals surface area contributed by atoms with Crippen LogP contribution in [0.5, 0.6) is 0 Å². The van der Waals surface area contributed by atoms with Crippen LogP contribution >= 0.6 is 0 Å². The van der Waals surface area contributed by atoms with E-state index in [0.717, 1.165) is 5.69 Å². The van der Waals surface area contributed by atoms with Gasteiger partial charge in [0.1, 0.15) is 5.69 Å². The summed E-state index contributed by atoms with van der Waals surface area (Å²) < 4.78 is 4.58. The maximum Gasteiger partial charge on any atom is 0.305 e. The molecular formula is C13H19N3O3. The van der Waals surface area contributed by atoms with Gasteiger partial charge in [-0.05, 0) is 18.6 Å². The number of pyridine rings is 1. The number of hydrogen-bond acceptors (Lipinski definition) is 5. The standard InChI is InChI=1S/C13H19N3O3/c1-14-13(18)11-9-10(6-7-15-11)16(2)8-4-5-12(17)19-3/h6-7,9H,4-5,8H2,1-3H3,(H,14,18). The Kier molecular flexibility index (Phi) is 5.78. The van der Waals surface area contributed by atoms with E-state index >= 15 is 0 Å². The van der Waals surface area contributed by atoms with Crippen molar-refractivity contribution in [2.24, 2.45) is 0 Å². The number of nitrogens with one attached hydrogen (secondary N) is 1. The average Bonchev–Trinajstić information content (AvgIpc) is 2.46. The number of rotatable bonds is 6. The molecule has 0 radical (unpaired) electrons. The molecule has 0 saturated heterocycles. The van der Waals surface area contributed by atoms with Crippen molar-refractivity contribution in [3.05, 3.63) is 24.0 Å². The number of ether oxygens (including phenoxy) is 1. The van der Waals surface area contributed by atoms with Gasteiger partial charge in [0.05, 0.1) is 7.11 Å². The molecule has 0 bridgehead atoms. The third kappa shape index (κ3) is 4.57. The maximum absolute atomic E-state index is 11.5. The lowest BCUT2D eigenvalue weighted by atomic mass is 10.2. The summed E-state index contributed by atoms with van der Waals surface area (Å²) in [5.74, 6) is -0.431. The van der Waals surface area contributed by atoms with Gasteiger partial charge in [-0.15, -0.1) is 0 Å². The fraction of sp³-hybridized carbons (Fsp3) is 0.462. The number of amides is 1. The van der Waals surface area contributed by atoms with Gasteiger partial charge >= 0.3 is 5.97 Å². The van der Waals surface area contributed by atoms with Crippen molar-refractivity contribution < 1.29 is 14.3 Å². The molecule has 0 saturated carbocycles. The largest absolute Gasteiger partial charge is 0.469 e. The first-order valence-electron chi connectivity index (χ1n) is 6.04. The van der Waals surface area contributed by atoms with Crippen molar-refractivity contribution >= 4 is 17.6 Å². The van der Waals surface area contributed by atoms with Crippen molar-refractivity contribution in [1.82, 2.24) is 10.3 Å². The summed E-state index contributed by atoms with van der Waals surface area (Å²) in [5, 5.41) is 2.53. The molecular weight excluding hydrogens is 246 g/mol. The molecule has 19 heavy (non-hydrogen) atoms. The van der Waals surface area contributed by atoms with Crippen molar-refractivity contribution in [3.8, 4) is 0 Å². The van der Waals surface area contributed by atoms with Crippen molar-refractivity contribution in [1.29, 1.82) is 0 Å². The van der Waals surface area contributed by atoms with Crippen LogP contribution in [0.2, 0.25) is 0 Å². The monoisotopic (exact) mass is 265 g/mol. The third-order valence-corrected chi connectivity index (χ3v) is 2.75. The summed E-state index contributed by atoms with van der Waals surface area (Å²) in [6.07, 6.45) is 2.67. The van der Waals surface area contributed by atoms with Crippen LogP contribution in [0.1, 0.15) is 23.3 Å². The van der Waals surface area contributed by atoms with E-state index in [0.29, 0.717) is 25.1 Å². The van der Waals surface area contributed by atoms with E-state index in [4.69, 9.17) is 0 Å². The van der Waals surface area contributed by atoms with Gasteiger partial charge < -0.3 is 15.0 Å². The minimum Gasteiger partial charge on any atom is -0.469 e. The molecule has 1 aromatic heterocycles. The van der Waals surface area contributed by atoms with E-state index in [1.54, 1.807) is 19.3 Å². The number of carbonyl (C=O) groups excluding carboxylic acids is 2. The van der Waals surface area contributed by atoms with Crippen LogP contribution in [0.3, 0.4) is 0 Å². The van der Waals surface area contributed by atoms with Crippen LogP contribution < -0.4 is 10.2 Å². The zero-order chi connectivity index (χ0) is 14.3. The number of nitrogens with zero attached hydrogens (tertiary/aromatic N) is 2. The van der Waals surface area contributed by atoms with E-state index in [1.807, 2.05) is 18.0 Å². The molecule has 0 spiro atoms. The van der Waals surface area contributed by atoms with Crippen LogP contribution in [0.25, 0.3) is 0 Å². The number of aromatic nitrogens is 1. The Balaban J connectivity index is 2.59. The molecule has 1 N–H and O–H groups in total. The van der Waals surface area contributed by atoms with Crippen LogP contribution in [-0.4, -0.2) is 44.6 Å².